The van der Waals surface area contributed by atoms with Crippen LogP contribution in [0.5, 0.6) is 0 Å². The molecular weight excluding hydrogens is 290 g/mol. The van der Waals surface area contributed by atoms with E-state index in [9.17, 15) is 0 Å². The molecule has 1 fully saturated rings. The molecule has 0 saturated carbocycles. The van der Waals surface area contributed by atoms with E-state index in [0.717, 1.165) is 37.8 Å². The maximum Gasteiger partial charge on any atom is 0.128 e. The smallest absolute Gasteiger partial charge is 0.128 e. The normalized spacial score (nSPS) is 19.0. The van der Waals surface area contributed by atoms with E-state index in [1.54, 1.807) is 0 Å². The molecule has 0 bridgehead atoms. The van der Waals surface area contributed by atoms with Crippen LogP contribution in [0.4, 0.5) is 5.82 Å². The number of hydrogen-bond donors (Lipinski definition) is 0. The minimum atomic E-state index is 0.0284. The fourth-order valence-corrected chi connectivity index (χ4v) is 2.83. The van der Waals surface area contributed by atoms with Crippen molar-refractivity contribution in [3.8, 4) is 0 Å². The van der Waals surface area contributed by atoms with Crippen LogP contribution < -0.4 is 4.90 Å². The van der Waals surface area contributed by atoms with Gasteiger partial charge < -0.3 is 9.64 Å². The molecule has 1 aliphatic rings. The van der Waals surface area contributed by atoms with E-state index in [-0.39, 0.29) is 6.10 Å². The largest absolute Gasteiger partial charge is 0.369 e. The summed E-state index contributed by atoms with van der Waals surface area (Å²) in [4.78, 5) is 9.15. The molecule has 2 aromatic rings. The number of nitrogens with zero attached hydrogens (tertiary/aromatic N) is 5. The van der Waals surface area contributed by atoms with E-state index in [4.69, 9.17) is 9.72 Å². The molecule has 0 amide bonds. The van der Waals surface area contributed by atoms with E-state index in [1.807, 2.05) is 49.1 Å². The fraction of sp³-hybridized carbons (Fsp3) is 0.529. The van der Waals surface area contributed by atoms with Crippen molar-refractivity contribution in [2.24, 2.45) is 7.05 Å². The van der Waals surface area contributed by atoms with Crippen LogP contribution in [0.1, 0.15) is 23.1 Å². The molecule has 0 N–H and O–H groups in total. The van der Waals surface area contributed by atoms with Crippen molar-refractivity contribution in [2.45, 2.75) is 19.6 Å². The molecule has 0 spiro atoms. The minimum Gasteiger partial charge on any atom is -0.369 e. The first kappa shape index (κ1) is 16.0. The van der Waals surface area contributed by atoms with Gasteiger partial charge in [0.1, 0.15) is 11.9 Å². The van der Waals surface area contributed by atoms with Crippen LogP contribution in [0.25, 0.3) is 0 Å². The molecule has 1 saturated heterocycles. The summed E-state index contributed by atoms with van der Waals surface area (Å²) in [7, 11) is 5.99. The standard InChI is InChI=1S/C17H25N5O/c1-13-14(10-18-21(13)4)11-22-8-9-23-16(12-22)15-6-5-7-17(19-15)20(2)3/h5-7,10,16H,8-9,11-12H2,1-4H3/t16-/m0/s1. The second-order valence-electron chi connectivity index (χ2n) is 6.29. The Morgan fingerprint density at radius 2 is 2.17 bits per heavy atom. The third-order valence-corrected chi connectivity index (χ3v) is 4.43. The first-order chi connectivity index (χ1) is 11.0. The Balaban J connectivity index is 1.71. The van der Waals surface area contributed by atoms with Crippen LogP contribution in [0, 0.1) is 6.92 Å². The van der Waals surface area contributed by atoms with Crippen LogP contribution in [0.15, 0.2) is 24.4 Å². The molecule has 3 rings (SSSR count). The number of aromatic nitrogens is 3. The quantitative estimate of drug-likeness (QED) is 0.860. The maximum absolute atomic E-state index is 5.96. The number of ether oxygens (including phenoxy) is 1. The molecule has 1 atom stereocenters. The summed E-state index contributed by atoms with van der Waals surface area (Å²) in [5.41, 5.74) is 3.51. The number of morpholine rings is 1. The summed E-state index contributed by atoms with van der Waals surface area (Å²) >= 11 is 0. The van der Waals surface area contributed by atoms with Gasteiger partial charge in [0, 0.05) is 52.0 Å². The van der Waals surface area contributed by atoms with Crippen molar-refractivity contribution in [2.75, 3.05) is 38.7 Å². The van der Waals surface area contributed by atoms with Crippen molar-refractivity contribution in [3.05, 3.63) is 41.3 Å². The molecule has 1 aliphatic heterocycles. The van der Waals surface area contributed by atoms with Crippen LogP contribution in [0.2, 0.25) is 0 Å². The first-order valence-corrected chi connectivity index (χ1v) is 8.00. The number of anilines is 1. The van der Waals surface area contributed by atoms with Crippen LogP contribution in [-0.2, 0) is 18.3 Å². The zero-order chi connectivity index (χ0) is 16.4. The summed E-state index contributed by atoms with van der Waals surface area (Å²) in [6, 6.07) is 6.12. The van der Waals surface area contributed by atoms with Gasteiger partial charge >= 0.3 is 0 Å². The summed E-state index contributed by atoms with van der Waals surface area (Å²) < 4.78 is 7.88. The average Bonchev–Trinajstić information content (AvgIpc) is 2.87. The molecule has 6 heteroatoms. The SMILES string of the molecule is Cc1c(CN2CCO[C@H](c3cccc(N(C)C)n3)C2)cnn1C. The van der Waals surface area contributed by atoms with Crippen molar-refractivity contribution >= 4 is 5.82 Å². The van der Waals surface area contributed by atoms with Gasteiger partial charge in [0.25, 0.3) is 0 Å². The Morgan fingerprint density at radius 3 is 2.87 bits per heavy atom. The van der Waals surface area contributed by atoms with E-state index in [0.29, 0.717) is 0 Å². The number of hydrogen-bond acceptors (Lipinski definition) is 5. The highest BCUT2D eigenvalue weighted by molar-refractivity contribution is 5.37. The second-order valence-corrected chi connectivity index (χ2v) is 6.29. The van der Waals surface area contributed by atoms with E-state index < -0.39 is 0 Å². The van der Waals surface area contributed by atoms with Gasteiger partial charge in [-0.3, -0.25) is 9.58 Å². The molecule has 3 heterocycles. The molecular formula is C17H25N5O. The van der Waals surface area contributed by atoms with E-state index in [2.05, 4.69) is 23.0 Å². The maximum atomic E-state index is 5.96. The molecule has 0 aromatic carbocycles. The summed E-state index contributed by atoms with van der Waals surface area (Å²) in [6.07, 6.45) is 1.99. The van der Waals surface area contributed by atoms with Crippen molar-refractivity contribution in [1.82, 2.24) is 19.7 Å². The van der Waals surface area contributed by atoms with Crippen molar-refractivity contribution in [1.29, 1.82) is 0 Å². The Morgan fingerprint density at radius 1 is 1.35 bits per heavy atom. The third-order valence-electron chi connectivity index (χ3n) is 4.43. The summed E-state index contributed by atoms with van der Waals surface area (Å²) in [5.74, 6) is 0.964. The van der Waals surface area contributed by atoms with Gasteiger partial charge in [0.15, 0.2) is 0 Å². The first-order valence-electron chi connectivity index (χ1n) is 8.00. The summed E-state index contributed by atoms with van der Waals surface area (Å²) in [6.45, 7) is 5.56. The van der Waals surface area contributed by atoms with Gasteiger partial charge in [0.2, 0.25) is 0 Å². The predicted octanol–water partition coefficient (Wildman–Crippen LogP) is 1.76. The molecule has 0 radical (unpaired) electrons. The lowest BCUT2D eigenvalue weighted by Gasteiger charge is -2.32. The monoisotopic (exact) mass is 315 g/mol. The predicted molar refractivity (Wildman–Crippen MR) is 90.5 cm³/mol. The van der Waals surface area contributed by atoms with Crippen molar-refractivity contribution < 1.29 is 4.74 Å². The summed E-state index contributed by atoms with van der Waals surface area (Å²) in [5, 5.41) is 4.33. The highest BCUT2D eigenvalue weighted by Crippen LogP contribution is 2.24. The average molecular weight is 315 g/mol. The topological polar surface area (TPSA) is 46.4 Å². The fourth-order valence-electron chi connectivity index (χ4n) is 2.83. The highest BCUT2D eigenvalue weighted by atomic mass is 16.5. The molecule has 0 unspecified atom stereocenters. The van der Waals surface area contributed by atoms with Gasteiger partial charge in [-0.25, -0.2) is 4.98 Å². The Labute approximate surface area is 137 Å². The molecule has 6 nitrogen and oxygen atoms in total. The van der Waals surface area contributed by atoms with Gasteiger partial charge in [-0.1, -0.05) is 6.07 Å². The van der Waals surface area contributed by atoms with Gasteiger partial charge in [-0.2, -0.15) is 5.10 Å². The molecule has 124 valence electrons. The van der Waals surface area contributed by atoms with Gasteiger partial charge in [-0.05, 0) is 19.1 Å². The van der Waals surface area contributed by atoms with Gasteiger partial charge in [-0.15, -0.1) is 0 Å². The number of pyridine rings is 1. The Kier molecular flexibility index (Phi) is 4.63. The number of rotatable bonds is 4. The molecule has 2 aromatic heterocycles. The lowest BCUT2D eigenvalue weighted by molar-refractivity contribution is -0.0350. The lowest BCUT2D eigenvalue weighted by atomic mass is 10.1. The van der Waals surface area contributed by atoms with Crippen LogP contribution in [0.3, 0.4) is 0 Å². The van der Waals surface area contributed by atoms with Gasteiger partial charge in [0.05, 0.1) is 18.5 Å². The van der Waals surface area contributed by atoms with Crippen molar-refractivity contribution in [3.63, 3.8) is 0 Å². The van der Waals surface area contributed by atoms with Crippen LogP contribution in [-0.4, -0.2) is 53.5 Å². The van der Waals surface area contributed by atoms with E-state index in [1.165, 1.54) is 11.3 Å². The Hall–Kier alpha value is -1.92. The minimum absolute atomic E-state index is 0.0284. The Bertz CT molecular complexity index is 667. The zero-order valence-electron chi connectivity index (χ0n) is 14.4. The molecule has 0 aliphatic carbocycles. The van der Waals surface area contributed by atoms with Crippen LogP contribution >= 0.6 is 0 Å². The highest BCUT2D eigenvalue weighted by Gasteiger charge is 2.24. The van der Waals surface area contributed by atoms with E-state index >= 15 is 0 Å². The lowest BCUT2D eigenvalue weighted by Crippen LogP contribution is -2.38. The third kappa shape index (κ3) is 3.54. The number of aryl methyl sites for hydroxylation is 1. The molecule has 23 heavy (non-hydrogen) atoms. The zero-order valence-corrected chi connectivity index (χ0v) is 14.4. The second kappa shape index (κ2) is 6.68.